The fourth-order valence-electron chi connectivity index (χ4n) is 3.61. The number of anilines is 2. The monoisotopic (exact) mass is 261 g/mol. The van der Waals surface area contributed by atoms with Gasteiger partial charge in [0.05, 0.1) is 0 Å². The molecule has 1 aromatic rings. The van der Waals surface area contributed by atoms with E-state index in [0.717, 1.165) is 36.4 Å². The van der Waals surface area contributed by atoms with Crippen molar-refractivity contribution in [1.82, 2.24) is 14.9 Å². The maximum Gasteiger partial charge on any atom is 0.221 e. The van der Waals surface area contributed by atoms with Gasteiger partial charge in [-0.25, -0.2) is 4.98 Å². The van der Waals surface area contributed by atoms with Gasteiger partial charge in [-0.3, -0.25) is 0 Å². The van der Waals surface area contributed by atoms with Crippen molar-refractivity contribution in [1.29, 1.82) is 0 Å². The summed E-state index contributed by atoms with van der Waals surface area (Å²) in [5.74, 6) is 2.17. The number of hydrogen-bond donors (Lipinski definition) is 1. The molecule has 0 aromatic carbocycles. The van der Waals surface area contributed by atoms with Crippen LogP contribution in [0.3, 0.4) is 0 Å². The lowest BCUT2D eigenvalue weighted by Gasteiger charge is -2.46. The molecular formula is C14H23N5. The SMILES string of the molecule is Cc1cnc(N)nc1N1CCC2C(CCCN2C)C1. The van der Waals surface area contributed by atoms with E-state index in [1.54, 1.807) is 0 Å². The van der Waals surface area contributed by atoms with Crippen LogP contribution in [0.25, 0.3) is 0 Å². The summed E-state index contributed by atoms with van der Waals surface area (Å²) >= 11 is 0. The van der Waals surface area contributed by atoms with Gasteiger partial charge in [-0.2, -0.15) is 4.98 Å². The van der Waals surface area contributed by atoms with Crippen LogP contribution in [0, 0.1) is 12.8 Å². The van der Waals surface area contributed by atoms with E-state index in [-0.39, 0.29) is 0 Å². The number of likely N-dealkylation sites (tertiary alicyclic amines) is 1. The van der Waals surface area contributed by atoms with E-state index < -0.39 is 0 Å². The molecule has 2 N–H and O–H groups in total. The Morgan fingerprint density at radius 2 is 2.16 bits per heavy atom. The number of hydrogen-bond acceptors (Lipinski definition) is 5. The van der Waals surface area contributed by atoms with E-state index in [2.05, 4.69) is 33.7 Å². The van der Waals surface area contributed by atoms with Gasteiger partial charge in [0.2, 0.25) is 5.95 Å². The van der Waals surface area contributed by atoms with Gasteiger partial charge in [-0.15, -0.1) is 0 Å². The van der Waals surface area contributed by atoms with Crippen LogP contribution in [0.1, 0.15) is 24.8 Å². The second kappa shape index (κ2) is 4.96. The number of nitrogens with zero attached hydrogens (tertiary/aromatic N) is 4. The van der Waals surface area contributed by atoms with E-state index in [0.29, 0.717) is 5.95 Å². The molecule has 5 heteroatoms. The zero-order chi connectivity index (χ0) is 13.4. The molecule has 2 atom stereocenters. The smallest absolute Gasteiger partial charge is 0.221 e. The molecular weight excluding hydrogens is 238 g/mol. The first-order valence-electron chi connectivity index (χ1n) is 7.19. The largest absolute Gasteiger partial charge is 0.368 e. The Hall–Kier alpha value is -1.36. The topological polar surface area (TPSA) is 58.3 Å². The number of fused-ring (bicyclic) bond motifs is 1. The molecule has 0 saturated carbocycles. The van der Waals surface area contributed by atoms with Crippen LogP contribution in [0.15, 0.2) is 6.20 Å². The van der Waals surface area contributed by atoms with Crippen LogP contribution < -0.4 is 10.6 Å². The van der Waals surface area contributed by atoms with Crippen LogP contribution in [0.4, 0.5) is 11.8 Å². The van der Waals surface area contributed by atoms with Gasteiger partial charge in [0, 0.05) is 30.9 Å². The Kier molecular flexibility index (Phi) is 3.31. The summed E-state index contributed by atoms with van der Waals surface area (Å²) in [5.41, 5.74) is 6.85. The standard InChI is InChI=1S/C14H23N5/c1-10-8-16-14(15)17-13(10)19-7-5-12-11(9-19)4-3-6-18(12)2/h8,11-12H,3-7,9H2,1-2H3,(H2,15,16,17). The predicted octanol–water partition coefficient (Wildman–Crippen LogP) is 1.29. The summed E-state index contributed by atoms with van der Waals surface area (Å²) in [7, 11) is 2.26. The number of aromatic nitrogens is 2. The lowest BCUT2D eigenvalue weighted by atomic mass is 9.84. The molecule has 0 aliphatic carbocycles. The molecule has 0 radical (unpaired) electrons. The molecule has 0 spiro atoms. The quantitative estimate of drug-likeness (QED) is 0.825. The summed E-state index contributed by atoms with van der Waals surface area (Å²) in [4.78, 5) is 13.4. The molecule has 2 saturated heterocycles. The number of aryl methyl sites for hydroxylation is 1. The van der Waals surface area contributed by atoms with Gasteiger partial charge in [-0.05, 0) is 45.7 Å². The first-order valence-corrected chi connectivity index (χ1v) is 7.19. The number of nitrogens with two attached hydrogens (primary N) is 1. The van der Waals surface area contributed by atoms with Crippen LogP contribution >= 0.6 is 0 Å². The molecule has 2 aliphatic heterocycles. The third-order valence-electron chi connectivity index (χ3n) is 4.61. The third kappa shape index (κ3) is 2.39. The molecule has 104 valence electrons. The minimum atomic E-state index is 0.378. The minimum absolute atomic E-state index is 0.378. The Morgan fingerprint density at radius 1 is 1.32 bits per heavy atom. The predicted molar refractivity (Wildman–Crippen MR) is 77.2 cm³/mol. The summed E-state index contributed by atoms with van der Waals surface area (Å²) in [6, 6.07) is 0.754. The number of rotatable bonds is 1. The first-order chi connectivity index (χ1) is 9.15. The average Bonchev–Trinajstić information content (AvgIpc) is 2.41. The van der Waals surface area contributed by atoms with E-state index in [4.69, 9.17) is 5.73 Å². The van der Waals surface area contributed by atoms with Crippen molar-refractivity contribution in [3.63, 3.8) is 0 Å². The molecule has 3 rings (SSSR count). The molecule has 1 aromatic heterocycles. The van der Waals surface area contributed by atoms with Crippen molar-refractivity contribution in [2.24, 2.45) is 5.92 Å². The van der Waals surface area contributed by atoms with Gasteiger partial charge < -0.3 is 15.5 Å². The van der Waals surface area contributed by atoms with Gasteiger partial charge in [0.25, 0.3) is 0 Å². The molecule has 19 heavy (non-hydrogen) atoms. The number of piperidine rings is 2. The second-order valence-corrected chi connectivity index (χ2v) is 5.92. The highest BCUT2D eigenvalue weighted by atomic mass is 15.2. The maximum absolute atomic E-state index is 5.73. The molecule has 0 bridgehead atoms. The molecule has 5 nitrogen and oxygen atoms in total. The summed E-state index contributed by atoms with van der Waals surface area (Å²) < 4.78 is 0. The first kappa shape index (κ1) is 12.7. The van der Waals surface area contributed by atoms with E-state index in [1.165, 1.54) is 25.8 Å². The zero-order valence-electron chi connectivity index (χ0n) is 11.8. The fraction of sp³-hybridized carbons (Fsp3) is 0.714. The second-order valence-electron chi connectivity index (χ2n) is 5.92. The van der Waals surface area contributed by atoms with Crippen molar-refractivity contribution >= 4 is 11.8 Å². The minimum Gasteiger partial charge on any atom is -0.368 e. The summed E-state index contributed by atoms with van der Waals surface area (Å²) in [6.45, 7) is 5.49. The maximum atomic E-state index is 5.73. The molecule has 3 heterocycles. The van der Waals surface area contributed by atoms with E-state index in [1.807, 2.05) is 6.20 Å². The Bertz CT molecular complexity index is 461. The highest BCUT2D eigenvalue weighted by molar-refractivity contribution is 5.48. The number of nitrogen functional groups attached to an aromatic ring is 1. The highest BCUT2D eigenvalue weighted by Crippen LogP contribution is 2.32. The zero-order valence-corrected chi connectivity index (χ0v) is 11.8. The Morgan fingerprint density at radius 3 is 3.00 bits per heavy atom. The third-order valence-corrected chi connectivity index (χ3v) is 4.61. The van der Waals surface area contributed by atoms with E-state index in [9.17, 15) is 0 Å². The van der Waals surface area contributed by atoms with Crippen molar-refractivity contribution in [3.8, 4) is 0 Å². The van der Waals surface area contributed by atoms with Crippen molar-refractivity contribution in [2.75, 3.05) is 37.3 Å². The van der Waals surface area contributed by atoms with Crippen LogP contribution in [0.2, 0.25) is 0 Å². The van der Waals surface area contributed by atoms with Crippen molar-refractivity contribution < 1.29 is 0 Å². The normalized spacial score (nSPS) is 28.2. The van der Waals surface area contributed by atoms with Crippen molar-refractivity contribution in [3.05, 3.63) is 11.8 Å². The van der Waals surface area contributed by atoms with Crippen LogP contribution in [0.5, 0.6) is 0 Å². The Balaban J connectivity index is 1.79. The highest BCUT2D eigenvalue weighted by Gasteiger charge is 2.34. The lowest BCUT2D eigenvalue weighted by Crippen LogP contribution is -2.53. The van der Waals surface area contributed by atoms with Gasteiger partial charge in [-0.1, -0.05) is 0 Å². The van der Waals surface area contributed by atoms with Crippen LogP contribution in [-0.4, -0.2) is 47.6 Å². The molecule has 2 aliphatic rings. The molecule has 0 amide bonds. The van der Waals surface area contributed by atoms with E-state index >= 15 is 0 Å². The average molecular weight is 261 g/mol. The molecule has 2 unspecified atom stereocenters. The van der Waals surface area contributed by atoms with Crippen LogP contribution in [-0.2, 0) is 0 Å². The molecule has 2 fully saturated rings. The van der Waals surface area contributed by atoms with Gasteiger partial charge in [0.1, 0.15) is 5.82 Å². The van der Waals surface area contributed by atoms with Gasteiger partial charge >= 0.3 is 0 Å². The van der Waals surface area contributed by atoms with Gasteiger partial charge in [0.15, 0.2) is 0 Å². The summed E-state index contributed by atoms with van der Waals surface area (Å²) in [6.07, 6.45) is 5.71. The summed E-state index contributed by atoms with van der Waals surface area (Å²) in [5, 5.41) is 0. The van der Waals surface area contributed by atoms with Crippen molar-refractivity contribution in [2.45, 2.75) is 32.2 Å². The Labute approximate surface area is 114 Å². The fourth-order valence-corrected chi connectivity index (χ4v) is 3.61. The lowest BCUT2D eigenvalue weighted by molar-refractivity contribution is 0.102.